The number of nitrogens with zero attached hydrogens (tertiary/aromatic N) is 1. The summed E-state index contributed by atoms with van der Waals surface area (Å²) in [5, 5.41) is 9.01. The maximum absolute atomic E-state index is 12.8. The Morgan fingerprint density at radius 2 is 1.89 bits per heavy atom. The Balaban J connectivity index is 1.58. The third kappa shape index (κ3) is 3.54. The van der Waals surface area contributed by atoms with Crippen LogP contribution < -0.4 is 4.90 Å². The molecule has 140 valence electrons. The Morgan fingerprint density at radius 3 is 2.54 bits per heavy atom. The number of benzene rings is 1. The zero-order valence-corrected chi connectivity index (χ0v) is 17.0. The standard InChI is InChI=1S/C20H13NO4S3/c1-11-2-9-16(27-11)15-8-7-14(25-15)10-17-18(22)21(20(26)28-17)13-5-3-12(4-6-13)19(23)24/h2-10H,1H3,(H,23,24). The van der Waals surface area contributed by atoms with Crippen LogP contribution in [0.1, 0.15) is 21.0 Å². The number of aromatic carboxylic acids is 1. The molecule has 0 atom stereocenters. The molecule has 1 aliphatic heterocycles. The molecule has 3 heterocycles. The molecule has 5 nitrogen and oxygen atoms in total. The van der Waals surface area contributed by atoms with E-state index in [-0.39, 0.29) is 11.5 Å². The van der Waals surface area contributed by atoms with Crippen molar-refractivity contribution < 1.29 is 19.1 Å². The maximum Gasteiger partial charge on any atom is 0.335 e. The second-order valence-electron chi connectivity index (χ2n) is 5.98. The highest BCUT2D eigenvalue weighted by Gasteiger charge is 2.33. The fraction of sp³-hybridized carbons (Fsp3) is 0.0500. The van der Waals surface area contributed by atoms with Gasteiger partial charge < -0.3 is 9.52 Å². The van der Waals surface area contributed by atoms with Gasteiger partial charge in [0.2, 0.25) is 0 Å². The quantitative estimate of drug-likeness (QED) is 0.443. The summed E-state index contributed by atoms with van der Waals surface area (Å²) >= 11 is 8.17. The summed E-state index contributed by atoms with van der Waals surface area (Å²) < 4.78 is 6.24. The van der Waals surface area contributed by atoms with Gasteiger partial charge in [-0.05, 0) is 55.5 Å². The van der Waals surface area contributed by atoms with E-state index in [1.54, 1.807) is 29.5 Å². The predicted octanol–water partition coefficient (Wildman–Crippen LogP) is 5.42. The first kappa shape index (κ1) is 18.7. The Kier molecular flexibility index (Phi) is 4.92. The maximum atomic E-state index is 12.8. The van der Waals surface area contributed by atoms with E-state index in [9.17, 15) is 9.59 Å². The Hall–Kier alpha value is -2.68. The van der Waals surface area contributed by atoms with E-state index in [0.717, 1.165) is 10.6 Å². The summed E-state index contributed by atoms with van der Waals surface area (Å²) in [6.07, 6.45) is 1.68. The highest BCUT2D eigenvalue weighted by atomic mass is 32.2. The summed E-state index contributed by atoms with van der Waals surface area (Å²) in [7, 11) is 0. The van der Waals surface area contributed by atoms with Gasteiger partial charge in [0.15, 0.2) is 4.32 Å². The summed E-state index contributed by atoms with van der Waals surface area (Å²) in [6, 6.07) is 13.8. The van der Waals surface area contributed by atoms with Crippen molar-refractivity contribution >= 4 is 63.3 Å². The molecule has 0 bridgehead atoms. The fourth-order valence-corrected chi connectivity index (χ4v) is 4.81. The summed E-state index contributed by atoms with van der Waals surface area (Å²) in [5.41, 5.74) is 0.682. The highest BCUT2D eigenvalue weighted by Crippen LogP contribution is 2.37. The van der Waals surface area contributed by atoms with Crippen molar-refractivity contribution in [3.05, 3.63) is 69.6 Å². The molecule has 0 saturated carbocycles. The number of carbonyl (C=O) groups is 2. The third-order valence-electron chi connectivity index (χ3n) is 4.05. The Bertz CT molecular complexity index is 1120. The lowest BCUT2D eigenvalue weighted by atomic mass is 10.2. The Morgan fingerprint density at radius 1 is 1.14 bits per heavy atom. The van der Waals surface area contributed by atoms with Gasteiger partial charge in [-0.3, -0.25) is 9.69 Å². The van der Waals surface area contributed by atoms with E-state index >= 15 is 0 Å². The number of aryl methyl sites for hydroxylation is 1. The van der Waals surface area contributed by atoms with E-state index in [2.05, 4.69) is 0 Å². The van der Waals surface area contributed by atoms with Crippen LogP contribution in [0.5, 0.6) is 0 Å². The van der Waals surface area contributed by atoms with Gasteiger partial charge in [-0.1, -0.05) is 24.0 Å². The largest absolute Gasteiger partial charge is 0.478 e. The fourth-order valence-electron chi connectivity index (χ4n) is 2.70. The Labute approximate surface area is 174 Å². The van der Waals surface area contributed by atoms with Crippen LogP contribution in [0.25, 0.3) is 16.7 Å². The van der Waals surface area contributed by atoms with E-state index in [4.69, 9.17) is 21.7 Å². The van der Waals surface area contributed by atoms with E-state index < -0.39 is 5.97 Å². The van der Waals surface area contributed by atoms with Crippen LogP contribution in [0.15, 0.2) is 57.9 Å². The average molecular weight is 428 g/mol. The first-order chi connectivity index (χ1) is 13.4. The minimum absolute atomic E-state index is 0.150. The molecule has 4 rings (SSSR count). The minimum Gasteiger partial charge on any atom is -0.478 e. The molecule has 1 fully saturated rings. The van der Waals surface area contributed by atoms with Crippen molar-refractivity contribution in [3.8, 4) is 10.6 Å². The number of carboxylic acid groups (broad SMARTS) is 1. The van der Waals surface area contributed by atoms with Crippen molar-refractivity contribution in [1.29, 1.82) is 0 Å². The number of rotatable bonds is 4. The van der Waals surface area contributed by atoms with E-state index in [1.165, 1.54) is 33.7 Å². The number of thiophene rings is 1. The number of furan rings is 1. The van der Waals surface area contributed by atoms with Gasteiger partial charge in [0.25, 0.3) is 5.91 Å². The molecule has 8 heteroatoms. The van der Waals surface area contributed by atoms with Crippen molar-refractivity contribution in [2.75, 3.05) is 4.90 Å². The monoisotopic (exact) mass is 427 g/mol. The summed E-state index contributed by atoms with van der Waals surface area (Å²) in [5.74, 6) is 0.0428. The second-order valence-corrected chi connectivity index (χ2v) is 8.95. The molecule has 1 N–H and O–H groups in total. The van der Waals surface area contributed by atoms with Gasteiger partial charge >= 0.3 is 5.97 Å². The van der Waals surface area contributed by atoms with Gasteiger partial charge in [0.05, 0.1) is 21.0 Å². The molecule has 1 saturated heterocycles. The lowest BCUT2D eigenvalue weighted by Gasteiger charge is -2.14. The lowest BCUT2D eigenvalue weighted by molar-refractivity contribution is -0.113. The van der Waals surface area contributed by atoms with Gasteiger partial charge in [-0.25, -0.2) is 4.79 Å². The molecule has 28 heavy (non-hydrogen) atoms. The van der Waals surface area contributed by atoms with Crippen molar-refractivity contribution in [1.82, 2.24) is 0 Å². The molecule has 2 aromatic heterocycles. The van der Waals surface area contributed by atoms with Crippen LogP contribution in [0.2, 0.25) is 0 Å². The molecule has 3 aromatic rings. The van der Waals surface area contributed by atoms with Crippen LogP contribution >= 0.6 is 35.3 Å². The molecule has 1 aliphatic rings. The molecular weight excluding hydrogens is 414 g/mol. The van der Waals surface area contributed by atoms with Crippen LogP contribution in [0, 0.1) is 6.92 Å². The number of hydrogen-bond donors (Lipinski definition) is 1. The minimum atomic E-state index is -1.02. The molecule has 0 aliphatic carbocycles. The first-order valence-corrected chi connectivity index (χ1v) is 10.2. The zero-order chi connectivity index (χ0) is 19.8. The van der Waals surface area contributed by atoms with Crippen LogP contribution in [-0.2, 0) is 4.79 Å². The topological polar surface area (TPSA) is 70.8 Å². The van der Waals surface area contributed by atoms with E-state index in [1.807, 2.05) is 31.2 Å². The first-order valence-electron chi connectivity index (χ1n) is 8.20. The molecule has 1 aromatic carbocycles. The number of carbonyl (C=O) groups excluding carboxylic acids is 1. The van der Waals surface area contributed by atoms with Crippen LogP contribution in [-0.4, -0.2) is 21.3 Å². The molecule has 0 spiro atoms. The van der Waals surface area contributed by atoms with Crippen molar-refractivity contribution in [2.24, 2.45) is 0 Å². The molecule has 0 unspecified atom stereocenters. The number of amides is 1. The molecule has 1 amide bonds. The molecular formula is C20H13NO4S3. The van der Waals surface area contributed by atoms with Crippen molar-refractivity contribution in [2.45, 2.75) is 6.92 Å². The third-order valence-corrected chi connectivity index (χ3v) is 6.37. The van der Waals surface area contributed by atoms with Crippen LogP contribution in [0.3, 0.4) is 0 Å². The number of hydrogen-bond acceptors (Lipinski definition) is 6. The number of thioether (sulfide) groups is 1. The second kappa shape index (κ2) is 7.38. The van der Waals surface area contributed by atoms with Gasteiger partial charge in [-0.15, -0.1) is 11.3 Å². The zero-order valence-electron chi connectivity index (χ0n) is 14.5. The molecule has 0 radical (unpaired) electrons. The van der Waals surface area contributed by atoms with Crippen LogP contribution in [0.4, 0.5) is 5.69 Å². The predicted molar refractivity (Wildman–Crippen MR) is 116 cm³/mol. The van der Waals surface area contributed by atoms with Gasteiger partial charge in [0, 0.05) is 11.0 Å². The summed E-state index contributed by atoms with van der Waals surface area (Å²) in [6.45, 7) is 2.03. The smallest absolute Gasteiger partial charge is 0.335 e. The van der Waals surface area contributed by atoms with E-state index in [0.29, 0.717) is 20.7 Å². The number of thiocarbonyl (C=S) groups is 1. The number of anilines is 1. The van der Waals surface area contributed by atoms with Crippen molar-refractivity contribution in [3.63, 3.8) is 0 Å². The normalized spacial score (nSPS) is 15.6. The van der Waals surface area contributed by atoms with Gasteiger partial charge in [0.1, 0.15) is 11.5 Å². The SMILES string of the molecule is Cc1ccc(-c2ccc(C=C3SC(=S)N(c4ccc(C(=O)O)cc4)C3=O)o2)s1. The van der Waals surface area contributed by atoms with Gasteiger partial charge in [-0.2, -0.15) is 0 Å². The number of carboxylic acids is 1. The summed E-state index contributed by atoms with van der Waals surface area (Å²) in [4.78, 5) is 27.9. The average Bonchev–Trinajstić information content (AvgIpc) is 3.36. The lowest BCUT2D eigenvalue weighted by Crippen LogP contribution is -2.27. The highest BCUT2D eigenvalue weighted by molar-refractivity contribution is 8.27.